The fourth-order valence-corrected chi connectivity index (χ4v) is 1.92. The lowest BCUT2D eigenvalue weighted by Gasteiger charge is -2.41. The van der Waals surface area contributed by atoms with Gasteiger partial charge in [-0.05, 0) is 19.3 Å². The molecule has 1 aromatic heterocycles. The van der Waals surface area contributed by atoms with Gasteiger partial charge in [0.2, 0.25) is 11.8 Å². The number of aliphatic carboxylic acids is 1. The smallest absolute Gasteiger partial charge is 0.305 e. The maximum absolute atomic E-state index is 11.8. The number of hydrogen-bond donors (Lipinski definition) is 4. The van der Waals surface area contributed by atoms with Gasteiger partial charge in [-0.25, -0.2) is 0 Å². The normalized spacial score (nSPS) is 17.2. The van der Waals surface area contributed by atoms with Gasteiger partial charge in [-0.3, -0.25) is 14.7 Å². The summed E-state index contributed by atoms with van der Waals surface area (Å²) in [5.74, 6) is -1.42. The number of anilines is 1. The number of carbonyl (C=O) groups excluding carboxylic acids is 1. The Bertz CT molecular complexity index is 451. The maximum atomic E-state index is 11.8. The largest absolute Gasteiger partial charge is 0.481 e. The Morgan fingerprint density at radius 1 is 1.53 bits per heavy atom. The number of nitrogens with two attached hydrogens (primary N) is 1. The SMILES string of the molecule is Nc1n[nH]c(C(=O)NC2(CC(=O)O)CCC2)n1. The van der Waals surface area contributed by atoms with E-state index in [2.05, 4.69) is 20.5 Å². The Morgan fingerprint density at radius 3 is 2.65 bits per heavy atom. The van der Waals surface area contributed by atoms with Crippen molar-refractivity contribution in [2.45, 2.75) is 31.2 Å². The number of carbonyl (C=O) groups is 2. The van der Waals surface area contributed by atoms with Gasteiger partial charge >= 0.3 is 5.97 Å². The molecule has 1 aliphatic rings. The average molecular weight is 239 g/mol. The summed E-state index contributed by atoms with van der Waals surface area (Å²) in [5, 5.41) is 17.4. The van der Waals surface area contributed by atoms with E-state index in [0.29, 0.717) is 12.8 Å². The Morgan fingerprint density at radius 2 is 2.24 bits per heavy atom. The van der Waals surface area contributed by atoms with Gasteiger partial charge in [-0.1, -0.05) is 0 Å². The predicted octanol–water partition coefficient (Wildman–Crippen LogP) is -0.486. The molecule has 17 heavy (non-hydrogen) atoms. The number of rotatable bonds is 4. The van der Waals surface area contributed by atoms with Crippen LogP contribution in [0.25, 0.3) is 0 Å². The van der Waals surface area contributed by atoms with Crippen molar-refractivity contribution in [3.8, 4) is 0 Å². The molecule has 1 fully saturated rings. The van der Waals surface area contributed by atoms with Crippen molar-refractivity contribution in [3.05, 3.63) is 5.82 Å². The lowest BCUT2D eigenvalue weighted by atomic mass is 9.74. The van der Waals surface area contributed by atoms with E-state index in [0.717, 1.165) is 6.42 Å². The molecule has 8 heteroatoms. The Kier molecular flexibility index (Phi) is 2.70. The van der Waals surface area contributed by atoms with Gasteiger partial charge < -0.3 is 16.2 Å². The Hall–Kier alpha value is -2.12. The van der Waals surface area contributed by atoms with E-state index in [1.807, 2.05) is 0 Å². The van der Waals surface area contributed by atoms with Gasteiger partial charge in [-0.2, -0.15) is 4.98 Å². The molecule has 0 saturated heterocycles. The highest BCUT2D eigenvalue weighted by Gasteiger charge is 2.40. The minimum Gasteiger partial charge on any atom is -0.481 e. The van der Waals surface area contributed by atoms with E-state index in [-0.39, 0.29) is 18.2 Å². The van der Waals surface area contributed by atoms with E-state index in [1.165, 1.54) is 0 Å². The number of hydrogen-bond acceptors (Lipinski definition) is 5. The zero-order chi connectivity index (χ0) is 12.5. The van der Waals surface area contributed by atoms with Gasteiger partial charge in [0.1, 0.15) is 0 Å². The first kappa shape index (κ1) is 11.4. The van der Waals surface area contributed by atoms with Crippen molar-refractivity contribution >= 4 is 17.8 Å². The summed E-state index contributed by atoms with van der Waals surface area (Å²) in [6.07, 6.45) is 2.15. The third kappa shape index (κ3) is 2.35. The summed E-state index contributed by atoms with van der Waals surface area (Å²) >= 11 is 0. The van der Waals surface area contributed by atoms with Crippen LogP contribution in [-0.4, -0.2) is 37.7 Å². The van der Waals surface area contributed by atoms with E-state index >= 15 is 0 Å². The molecular weight excluding hydrogens is 226 g/mol. The molecule has 2 rings (SSSR count). The van der Waals surface area contributed by atoms with Crippen molar-refractivity contribution in [1.82, 2.24) is 20.5 Å². The molecule has 0 radical (unpaired) electrons. The molecule has 0 spiro atoms. The highest BCUT2D eigenvalue weighted by Crippen LogP contribution is 2.35. The number of H-pyrrole nitrogens is 1. The quantitative estimate of drug-likeness (QED) is 0.560. The highest BCUT2D eigenvalue weighted by molar-refractivity contribution is 5.91. The standard InChI is InChI=1S/C9H13N5O3/c10-8-11-6(13-14-8)7(17)12-9(2-1-3-9)4-5(15)16/h1-4H2,(H,12,17)(H,15,16)(H3,10,11,13,14). The van der Waals surface area contributed by atoms with Crippen molar-refractivity contribution in [2.75, 3.05) is 5.73 Å². The first-order valence-corrected chi connectivity index (χ1v) is 5.23. The van der Waals surface area contributed by atoms with Crippen LogP contribution in [0.2, 0.25) is 0 Å². The number of aromatic nitrogens is 3. The molecule has 5 N–H and O–H groups in total. The van der Waals surface area contributed by atoms with E-state index in [1.54, 1.807) is 0 Å². The second-order valence-corrected chi connectivity index (χ2v) is 4.20. The van der Waals surface area contributed by atoms with Crippen LogP contribution in [-0.2, 0) is 4.79 Å². The summed E-state index contributed by atoms with van der Waals surface area (Å²) in [6.45, 7) is 0. The number of carboxylic acids is 1. The molecule has 8 nitrogen and oxygen atoms in total. The fourth-order valence-electron chi connectivity index (χ4n) is 1.92. The maximum Gasteiger partial charge on any atom is 0.305 e. The molecule has 1 aliphatic carbocycles. The number of nitrogens with zero attached hydrogens (tertiary/aromatic N) is 2. The van der Waals surface area contributed by atoms with E-state index in [9.17, 15) is 9.59 Å². The van der Waals surface area contributed by atoms with Gasteiger partial charge in [0.15, 0.2) is 0 Å². The second kappa shape index (κ2) is 4.04. The van der Waals surface area contributed by atoms with E-state index < -0.39 is 17.4 Å². The first-order valence-electron chi connectivity index (χ1n) is 5.23. The number of nitrogen functional groups attached to an aromatic ring is 1. The average Bonchev–Trinajstić information content (AvgIpc) is 2.60. The minimum atomic E-state index is -0.929. The van der Waals surface area contributed by atoms with Gasteiger partial charge in [0.25, 0.3) is 5.91 Å². The van der Waals surface area contributed by atoms with E-state index in [4.69, 9.17) is 10.8 Å². The van der Waals surface area contributed by atoms with Crippen LogP contribution in [0, 0.1) is 0 Å². The summed E-state index contributed by atoms with van der Waals surface area (Å²) in [6, 6.07) is 0. The minimum absolute atomic E-state index is 0.000774. The van der Waals surface area contributed by atoms with Crippen LogP contribution in [0.1, 0.15) is 36.3 Å². The lowest BCUT2D eigenvalue weighted by molar-refractivity contribution is -0.139. The molecular formula is C9H13N5O3. The number of nitrogens with one attached hydrogen (secondary N) is 2. The van der Waals surface area contributed by atoms with Crippen LogP contribution < -0.4 is 11.1 Å². The third-order valence-electron chi connectivity index (χ3n) is 2.90. The number of carboxylic acid groups (broad SMARTS) is 1. The molecule has 1 heterocycles. The van der Waals surface area contributed by atoms with Crippen molar-refractivity contribution in [2.24, 2.45) is 0 Å². The monoisotopic (exact) mass is 239 g/mol. The first-order chi connectivity index (χ1) is 8.01. The molecule has 0 aromatic carbocycles. The molecule has 0 unspecified atom stereocenters. The Labute approximate surface area is 96.6 Å². The zero-order valence-electron chi connectivity index (χ0n) is 9.06. The van der Waals surface area contributed by atoms with Crippen molar-refractivity contribution < 1.29 is 14.7 Å². The Balaban J connectivity index is 2.04. The van der Waals surface area contributed by atoms with Crippen LogP contribution in [0.4, 0.5) is 5.95 Å². The van der Waals surface area contributed by atoms with Gasteiger partial charge in [-0.15, -0.1) is 5.10 Å². The molecule has 1 aromatic rings. The summed E-state index contributed by atoms with van der Waals surface area (Å²) in [4.78, 5) is 26.2. The zero-order valence-corrected chi connectivity index (χ0v) is 9.06. The lowest BCUT2D eigenvalue weighted by Crippen LogP contribution is -2.54. The van der Waals surface area contributed by atoms with Crippen molar-refractivity contribution in [3.63, 3.8) is 0 Å². The molecule has 0 bridgehead atoms. The molecule has 0 atom stereocenters. The van der Waals surface area contributed by atoms with Crippen LogP contribution in [0.5, 0.6) is 0 Å². The van der Waals surface area contributed by atoms with Crippen LogP contribution in [0.3, 0.4) is 0 Å². The fraction of sp³-hybridized carbons (Fsp3) is 0.556. The second-order valence-electron chi connectivity index (χ2n) is 4.20. The number of amides is 1. The topological polar surface area (TPSA) is 134 Å². The highest BCUT2D eigenvalue weighted by atomic mass is 16.4. The molecule has 0 aliphatic heterocycles. The van der Waals surface area contributed by atoms with Crippen molar-refractivity contribution in [1.29, 1.82) is 0 Å². The summed E-state index contributed by atoms with van der Waals surface area (Å²) in [7, 11) is 0. The molecule has 1 saturated carbocycles. The molecule has 92 valence electrons. The van der Waals surface area contributed by atoms with Crippen LogP contribution >= 0.6 is 0 Å². The predicted molar refractivity (Wildman–Crippen MR) is 57.1 cm³/mol. The third-order valence-corrected chi connectivity index (χ3v) is 2.90. The summed E-state index contributed by atoms with van der Waals surface area (Å²) < 4.78 is 0. The van der Waals surface area contributed by atoms with Gasteiger partial charge in [0.05, 0.1) is 12.0 Å². The van der Waals surface area contributed by atoms with Crippen LogP contribution in [0.15, 0.2) is 0 Å². The van der Waals surface area contributed by atoms with Gasteiger partial charge in [0, 0.05) is 0 Å². The molecule has 1 amide bonds. The number of aromatic amines is 1. The summed E-state index contributed by atoms with van der Waals surface area (Å²) in [5.41, 5.74) is 4.63.